The molecule has 1 aliphatic rings. The zero-order valence-electron chi connectivity index (χ0n) is 12.9. The molecule has 0 spiro atoms. The van der Waals surface area contributed by atoms with E-state index >= 15 is 0 Å². The van der Waals surface area contributed by atoms with Crippen molar-refractivity contribution in [2.45, 2.75) is 32.8 Å². The van der Waals surface area contributed by atoms with Crippen LogP contribution < -0.4 is 4.74 Å². The first kappa shape index (κ1) is 17.4. The zero-order valence-corrected chi connectivity index (χ0v) is 14.5. The van der Waals surface area contributed by atoms with Crippen LogP contribution in [0.3, 0.4) is 0 Å². The number of fused-ring (bicyclic) bond motifs is 1. The maximum absolute atomic E-state index is 6.03. The Morgan fingerprint density at radius 1 is 1.36 bits per heavy atom. The highest BCUT2D eigenvalue weighted by Gasteiger charge is 2.23. The Balaban J connectivity index is 0.00000176. The molecule has 1 aliphatic heterocycles. The van der Waals surface area contributed by atoms with Crippen LogP contribution in [-0.2, 0) is 0 Å². The second-order valence-corrected chi connectivity index (χ2v) is 6.58. The van der Waals surface area contributed by atoms with Gasteiger partial charge in [-0.3, -0.25) is 0 Å². The monoisotopic (exact) mass is 344 g/mol. The number of nitrogens with zero attached hydrogens (tertiary/aromatic N) is 2. The lowest BCUT2D eigenvalue weighted by atomic mass is 10.1. The highest BCUT2D eigenvalue weighted by atomic mass is 35.5. The summed E-state index contributed by atoms with van der Waals surface area (Å²) in [6.07, 6.45) is 2.27. The summed E-state index contributed by atoms with van der Waals surface area (Å²) in [7, 11) is 0. The van der Waals surface area contributed by atoms with Crippen molar-refractivity contribution in [3.63, 3.8) is 0 Å². The van der Waals surface area contributed by atoms with E-state index in [4.69, 9.17) is 20.9 Å². The standard InChI is InChI=1S/C16H21ClN2O2.ClH/c1-11(2)10-19-7-5-13(6-8-19)20-16-14-9-12(17)3-4-15(14)21-18-16;/h3-4,9,11,13H,5-8,10H2,1-2H3;1H. The van der Waals surface area contributed by atoms with E-state index in [1.54, 1.807) is 6.07 Å². The van der Waals surface area contributed by atoms with E-state index in [0.717, 1.165) is 37.9 Å². The van der Waals surface area contributed by atoms with Gasteiger partial charge in [0.1, 0.15) is 6.10 Å². The minimum absolute atomic E-state index is 0. The summed E-state index contributed by atoms with van der Waals surface area (Å²) in [5.74, 6) is 1.28. The lowest BCUT2D eigenvalue weighted by Crippen LogP contribution is -2.40. The number of halogens is 2. The maximum Gasteiger partial charge on any atom is 0.262 e. The van der Waals surface area contributed by atoms with Gasteiger partial charge in [0.2, 0.25) is 0 Å². The van der Waals surface area contributed by atoms with Gasteiger partial charge in [0.15, 0.2) is 5.58 Å². The summed E-state index contributed by atoms with van der Waals surface area (Å²) in [6.45, 7) is 7.84. The third kappa shape index (κ3) is 4.06. The molecule has 6 heteroatoms. The molecule has 1 fully saturated rings. The highest BCUT2D eigenvalue weighted by molar-refractivity contribution is 6.31. The van der Waals surface area contributed by atoms with E-state index in [-0.39, 0.29) is 18.5 Å². The van der Waals surface area contributed by atoms with E-state index in [1.165, 1.54) is 0 Å². The van der Waals surface area contributed by atoms with Crippen LogP contribution >= 0.6 is 24.0 Å². The van der Waals surface area contributed by atoms with Gasteiger partial charge in [-0.25, -0.2) is 0 Å². The molecule has 0 aliphatic carbocycles. The minimum Gasteiger partial charge on any atom is -0.472 e. The Morgan fingerprint density at radius 3 is 2.77 bits per heavy atom. The molecule has 0 atom stereocenters. The molecular formula is C16H22Cl2N2O2. The van der Waals surface area contributed by atoms with E-state index in [1.807, 2.05) is 12.1 Å². The van der Waals surface area contributed by atoms with Gasteiger partial charge in [0, 0.05) is 24.7 Å². The Bertz CT molecular complexity index is 607. The largest absolute Gasteiger partial charge is 0.472 e. The fourth-order valence-corrected chi connectivity index (χ4v) is 3.03. The van der Waals surface area contributed by atoms with Crippen LogP contribution in [0.25, 0.3) is 11.0 Å². The molecule has 1 aromatic heterocycles. The fourth-order valence-electron chi connectivity index (χ4n) is 2.86. The molecule has 2 aromatic rings. The fraction of sp³-hybridized carbons (Fsp3) is 0.562. The number of ether oxygens (including phenoxy) is 1. The van der Waals surface area contributed by atoms with E-state index in [0.29, 0.717) is 22.4 Å². The van der Waals surface area contributed by atoms with Crippen LogP contribution in [0.2, 0.25) is 5.02 Å². The quantitative estimate of drug-likeness (QED) is 0.823. The Labute approximate surface area is 142 Å². The SMILES string of the molecule is CC(C)CN1CCC(Oc2noc3ccc(Cl)cc23)CC1.Cl. The minimum atomic E-state index is 0. The normalized spacial score (nSPS) is 16.9. The molecule has 4 nitrogen and oxygen atoms in total. The number of piperidine rings is 1. The summed E-state index contributed by atoms with van der Waals surface area (Å²) >= 11 is 6.03. The summed E-state index contributed by atoms with van der Waals surface area (Å²) < 4.78 is 11.3. The average Bonchev–Trinajstić information content (AvgIpc) is 2.83. The molecule has 1 aromatic carbocycles. The number of hydrogen-bond acceptors (Lipinski definition) is 4. The van der Waals surface area contributed by atoms with Gasteiger partial charge < -0.3 is 14.2 Å². The second kappa shape index (κ2) is 7.53. The van der Waals surface area contributed by atoms with Gasteiger partial charge in [0.25, 0.3) is 5.88 Å². The number of aromatic nitrogens is 1. The first-order valence-electron chi connectivity index (χ1n) is 7.56. The van der Waals surface area contributed by atoms with Gasteiger partial charge in [-0.05, 0) is 42.1 Å². The summed E-state index contributed by atoms with van der Waals surface area (Å²) in [4.78, 5) is 2.50. The topological polar surface area (TPSA) is 38.5 Å². The molecule has 1 saturated heterocycles. The number of likely N-dealkylation sites (tertiary alicyclic amines) is 1. The first-order chi connectivity index (χ1) is 10.1. The van der Waals surface area contributed by atoms with Crippen LogP contribution in [0.5, 0.6) is 5.88 Å². The molecule has 0 saturated carbocycles. The Kier molecular flexibility index (Phi) is 5.95. The average molecular weight is 345 g/mol. The Hall–Kier alpha value is -0.970. The van der Waals surface area contributed by atoms with Crippen LogP contribution in [0.1, 0.15) is 26.7 Å². The van der Waals surface area contributed by atoms with Crippen LogP contribution in [-0.4, -0.2) is 35.8 Å². The van der Waals surface area contributed by atoms with Crippen LogP contribution in [0, 0.1) is 5.92 Å². The van der Waals surface area contributed by atoms with Crippen LogP contribution in [0.15, 0.2) is 22.7 Å². The third-order valence-corrected chi connectivity index (χ3v) is 4.07. The molecule has 0 bridgehead atoms. The Morgan fingerprint density at radius 2 is 2.09 bits per heavy atom. The van der Waals surface area contributed by atoms with E-state index in [2.05, 4.69) is 23.9 Å². The van der Waals surface area contributed by atoms with Crippen LogP contribution in [0.4, 0.5) is 0 Å². The predicted octanol–water partition coefficient (Wildman–Crippen LogP) is 4.40. The first-order valence-corrected chi connectivity index (χ1v) is 7.93. The number of benzene rings is 1. The van der Waals surface area contributed by atoms with Gasteiger partial charge >= 0.3 is 0 Å². The van der Waals surface area contributed by atoms with Crippen molar-refractivity contribution >= 4 is 35.0 Å². The van der Waals surface area contributed by atoms with E-state index in [9.17, 15) is 0 Å². The third-order valence-electron chi connectivity index (χ3n) is 3.84. The lowest BCUT2D eigenvalue weighted by molar-refractivity contribution is 0.0888. The highest BCUT2D eigenvalue weighted by Crippen LogP contribution is 2.29. The van der Waals surface area contributed by atoms with Crippen molar-refractivity contribution in [1.29, 1.82) is 0 Å². The van der Waals surface area contributed by atoms with Gasteiger partial charge in [-0.1, -0.05) is 25.4 Å². The molecule has 0 unspecified atom stereocenters. The van der Waals surface area contributed by atoms with Gasteiger partial charge in [-0.2, -0.15) is 0 Å². The van der Waals surface area contributed by atoms with Crippen molar-refractivity contribution in [3.8, 4) is 5.88 Å². The van der Waals surface area contributed by atoms with Crippen molar-refractivity contribution < 1.29 is 9.26 Å². The van der Waals surface area contributed by atoms with Gasteiger partial charge in [0.05, 0.1) is 5.39 Å². The number of rotatable bonds is 4. The lowest BCUT2D eigenvalue weighted by Gasteiger charge is -2.32. The van der Waals surface area contributed by atoms with Crippen molar-refractivity contribution in [2.24, 2.45) is 5.92 Å². The molecule has 2 heterocycles. The molecule has 0 radical (unpaired) electrons. The molecule has 122 valence electrons. The molecular weight excluding hydrogens is 323 g/mol. The molecule has 3 rings (SSSR count). The molecule has 0 N–H and O–H groups in total. The van der Waals surface area contributed by atoms with Crippen molar-refractivity contribution in [1.82, 2.24) is 10.1 Å². The van der Waals surface area contributed by atoms with Crippen molar-refractivity contribution in [2.75, 3.05) is 19.6 Å². The number of hydrogen-bond donors (Lipinski definition) is 0. The summed E-state index contributed by atoms with van der Waals surface area (Å²) in [6, 6.07) is 5.46. The molecule has 22 heavy (non-hydrogen) atoms. The van der Waals surface area contributed by atoms with Gasteiger partial charge in [-0.15, -0.1) is 12.4 Å². The smallest absolute Gasteiger partial charge is 0.262 e. The van der Waals surface area contributed by atoms with E-state index < -0.39 is 0 Å². The summed E-state index contributed by atoms with van der Waals surface area (Å²) in [5.41, 5.74) is 0.714. The zero-order chi connectivity index (χ0) is 14.8. The predicted molar refractivity (Wildman–Crippen MR) is 91.2 cm³/mol. The van der Waals surface area contributed by atoms with Crippen molar-refractivity contribution in [3.05, 3.63) is 23.2 Å². The summed E-state index contributed by atoms with van der Waals surface area (Å²) in [5, 5.41) is 5.55. The second-order valence-electron chi connectivity index (χ2n) is 6.14. The molecule has 0 amide bonds. The maximum atomic E-state index is 6.03.